The van der Waals surface area contributed by atoms with Crippen molar-refractivity contribution in [2.24, 2.45) is 0 Å². The summed E-state index contributed by atoms with van der Waals surface area (Å²) >= 11 is 0. The molecule has 0 aromatic carbocycles. The molecule has 0 aliphatic heterocycles. The van der Waals surface area contributed by atoms with Crippen LogP contribution in [0.25, 0.3) is 22.6 Å². The first-order chi connectivity index (χ1) is 10.5. The second kappa shape index (κ2) is 5.47. The molecule has 0 aliphatic carbocycles. The summed E-state index contributed by atoms with van der Waals surface area (Å²) in [5.41, 5.74) is -0.287. The second-order valence-corrected chi connectivity index (χ2v) is 4.20. The summed E-state index contributed by atoms with van der Waals surface area (Å²) in [6, 6.07) is 3.23. The van der Waals surface area contributed by atoms with Crippen molar-refractivity contribution in [3.8, 4) is 17.3 Å². The highest BCUT2D eigenvalue weighted by atomic mass is 19.3. The van der Waals surface area contributed by atoms with Gasteiger partial charge >= 0.3 is 12.1 Å². The van der Waals surface area contributed by atoms with E-state index in [2.05, 4.69) is 29.7 Å². The van der Waals surface area contributed by atoms with Crippen molar-refractivity contribution >= 4 is 11.2 Å². The molecule has 0 amide bonds. The van der Waals surface area contributed by atoms with Crippen LogP contribution in [0.2, 0.25) is 0 Å². The highest BCUT2D eigenvalue weighted by molar-refractivity contribution is 5.78. The van der Waals surface area contributed by atoms with Gasteiger partial charge in [-0.2, -0.15) is 9.37 Å². The lowest BCUT2D eigenvalue weighted by Gasteiger charge is -2.10. The number of H-pyrrole nitrogens is 2. The molecule has 7 nitrogen and oxygen atoms in total. The number of ether oxygens (including phenoxy) is 1. The van der Waals surface area contributed by atoms with Crippen molar-refractivity contribution in [2.45, 2.75) is 12.8 Å². The lowest BCUT2D eigenvalue weighted by atomic mass is 10.2. The smallest absolute Gasteiger partial charge is 0.325 e. The number of pyridine rings is 1. The van der Waals surface area contributed by atoms with E-state index in [-0.39, 0.29) is 17.0 Å². The molecule has 3 heterocycles. The lowest BCUT2D eigenvalue weighted by molar-refractivity contribution is -0.0682. The molecule has 0 spiro atoms. The highest BCUT2D eigenvalue weighted by Crippen LogP contribution is 2.25. The molecule has 0 fully saturated rings. The maximum Gasteiger partial charge on any atom is 0.325 e. The van der Waals surface area contributed by atoms with Crippen LogP contribution in [0.3, 0.4) is 0 Å². The quantitative estimate of drug-likeness (QED) is 0.763. The van der Waals surface area contributed by atoms with Crippen LogP contribution in [0.15, 0.2) is 29.3 Å². The predicted molar refractivity (Wildman–Crippen MR) is 69.3 cm³/mol. The number of fused-ring (bicyclic) bond motifs is 1. The number of halogens is 3. The molecule has 10 heteroatoms. The predicted octanol–water partition coefficient (Wildman–Crippen LogP) is 1.65. The standard InChI is InChI=1S/C12H8F3N5O2/c13-7(14)8(15)22-11-6-10(20-12(21)17-6)18-9(19-11)5-2-1-3-16-4-5/h1-4,7-8H,(H2,17,18,19,20,21). The number of hydrogen-bond donors (Lipinski definition) is 2. The fourth-order valence-electron chi connectivity index (χ4n) is 1.76. The zero-order valence-corrected chi connectivity index (χ0v) is 10.8. The molecule has 3 rings (SSSR count). The maximum absolute atomic E-state index is 13.1. The van der Waals surface area contributed by atoms with Crippen LogP contribution in [-0.4, -0.2) is 37.7 Å². The van der Waals surface area contributed by atoms with Gasteiger partial charge in [0.2, 0.25) is 5.88 Å². The van der Waals surface area contributed by atoms with Gasteiger partial charge in [0.05, 0.1) is 0 Å². The fraction of sp³-hybridized carbons (Fsp3) is 0.167. The SMILES string of the molecule is O=c1[nH]c2nc(-c3cccnc3)nc(OC(F)C(F)F)c2[nH]1. The van der Waals surface area contributed by atoms with E-state index < -0.39 is 24.4 Å². The molecular weight excluding hydrogens is 303 g/mol. The average Bonchev–Trinajstić information content (AvgIpc) is 2.88. The molecule has 0 bridgehead atoms. The van der Waals surface area contributed by atoms with Gasteiger partial charge in [0.25, 0.3) is 6.36 Å². The summed E-state index contributed by atoms with van der Waals surface area (Å²) in [5, 5.41) is 0. The van der Waals surface area contributed by atoms with Crippen molar-refractivity contribution in [3.63, 3.8) is 0 Å². The summed E-state index contributed by atoms with van der Waals surface area (Å²) in [6.45, 7) is 0. The summed E-state index contributed by atoms with van der Waals surface area (Å²) in [5.74, 6) is -0.442. The Bertz CT molecular complexity index is 849. The molecule has 3 aromatic rings. The van der Waals surface area contributed by atoms with Crippen LogP contribution < -0.4 is 10.4 Å². The van der Waals surface area contributed by atoms with Gasteiger partial charge < -0.3 is 4.74 Å². The molecule has 0 aliphatic rings. The molecule has 114 valence electrons. The molecular formula is C12H8F3N5O2. The Balaban J connectivity index is 2.14. The van der Waals surface area contributed by atoms with E-state index in [1.54, 1.807) is 12.1 Å². The van der Waals surface area contributed by atoms with E-state index in [0.29, 0.717) is 5.56 Å². The summed E-state index contributed by atoms with van der Waals surface area (Å²) in [7, 11) is 0. The zero-order chi connectivity index (χ0) is 15.7. The third kappa shape index (κ3) is 2.62. The first-order valence-electron chi connectivity index (χ1n) is 6.04. The first kappa shape index (κ1) is 14.0. The van der Waals surface area contributed by atoms with Crippen molar-refractivity contribution in [3.05, 3.63) is 35.0 Å². The lowest BCUT2D eigenvalue weighted by Crippen LogP contribution is -2.20. The van der Waals surface area contributed by atoms with Crippen LogP contribution in [0.5, 0.6) is 5.88 Å². The minimum atomic E-state index is -3.35. The van der Waals surface area contributed by atoms with Crippen LogP contribution in [0, 0.1) is 0 Å². The number of nitrogens with one attached hydrogen (secondary N) is 2. The van der Waals surface area contributed by atoms with Crippen LogP contribution in [-0.2, 0) is 0 Å². The van der Waals surface area contributed by atoms with Gasteiger partial charge in [0, 0.05) is 18.0 Å². The Labute approximate surface area is 120 Å². The van der Waals surface area contributed by atoms with Crippen molar-refractivity contribution in [1.29, 1.82) is 0 Å². The third-order valence-electron chi connectivity index (χ3n) is 2.69. The van der Waals surface area contributed by atoms with Gasteiger partial charge in [-0.15, -0.1) is 0 Å². The Morgan fingerprint density at radius 2 is 2.00 bits per heavy atom. The van der Waals surface area contributed by atoms with Gasteiger partial charge in [-0.3, -0.25) is 15.0 Å². The molecule has 1 atom stereocenters. The van der Waals surface area contributed by atoms with E-state index >= 15 is 0 Å². The summed E-state index contributed by atoms with van der Waals surface area (Å²) < 4.78 is 42.2. The minimum absolute atomic E-state index is 0.00955. The van der Waals surface area contributed by atoms with Gasteiger partial charge in [-0.1, -0.05) is 0 Å². The van der Waals surface area contributed by atoms with E-state index in [0.717, 1.165) is 0 Å². The second-order valence-electron chi connectivity index (χ2n) is 4.20. The van der Waals surface area contributed by atoms with Gasteiger partial charge in [-0.05, 0) is 12.1 Å². The van der Waals surface area contributed by atoms with Gasteiger partial charge in [-0.25, -0.2) is 18.6 Å². The average molecular weight is 311 g/mol. The minimum Gasteiger partial charge on any atom is -0.435 e. The molecule has 1 unspecified atom stereocenters. The molecule has 2 N–H and O–H groups in total. The monoisotopic (exact) mass is 311 g/mol. The normalized spacial score (nSPS) is 12.7. The highest BCUT2D eigenvalue weighted by Gasteiger charge is 2.24. The van der Waals surface area contributed by atoms with E-state index in [1.165, 1.54) is 12.4 Å². The van der Waals surface area contributed by atoms with Crippen molar-refractivity contribution in [1.82, 2.24) is 24.9 Å². The largest absolute Gasteiger partial charge is 0.435 e. The Kier molecular flexibility index (Phi) is 3.49. The van der Waals surface area contributed by atoms with E-state index in [9.17, 15) is 18.0 Å². The number of alkyl halides is 3. The number of aromatic amines is 2. The number of aromatic nitrogens is 5. The van der Waals surface area contributed by atoms with Gasteiger partial charge in [0.15, 0.2) is 11.5 Å². The molecule has 22 heavy (non-hydrogen) atoms. The third-order valence-corrected chi connectivity index (χ3v) is 2.69. The van der Waals surface area contributed by atoms with Crippen molar-refractivity contribution in [2.75, 3.05) is 0 Å². The molecule has 0 saturated heterocycles. The molecule has 3 aromatic heterocycles. The number of nitrogens with zero attached hydrogens (tertiary/aromatic N) is 3. The Morgan fingerprint density at radius 1 is 1.18 bits per heavy atom. The molecule has 0 radical (unpaired) electrons. The number of rotatable bonds is 4. The van der Waals surface area contributed by atoms with Crippen molar-refractivity contribution < 1.29 is 17.9 Å². The van der Waals surface area contributed by atoms with E-state index in [4.69, 9.17) is 0 Å². The number of imidazole rings is 1. The Morgan fingerprint density at radius 3 is 2.68 bits per heavy atom. The Hall–Kier alpha value is -2.91. The van der Waals surface area contributed by atoms with Crippen LogP contribution in [0.4, 0.5) is 13.2 Å². The van der Waals surface area contributed by atoms with E-state index in [1.807, 2.05) is 0 Å². The van der Waals surface area contributed by atoms with Crippen LogP contribution in [0.1, 0.15) is 0 Å². The van der Waals surface area contributed by atoms with Crippen LogP contribution >= 0.6 is 0 Å². The topological polar surface area (TPSA) is 96.6 Å². The zero-order valence-electron chi connectivity index (χ0n) is 10.8. The van der Waals surface area contributed by atoms with Gasteiger partial charge in [0.1, 0.15) is 5.52 Å². The fourth-order valence-corrected chi connectivity index (χ4v) is 1.76. The first-order valence-corrected chi connectivity index (χ1v) is 6.04. The summed E-state index contributed by atoms with van der Waals surface area (Å²) in [6.07, 6.45) is -3.28. The maximum atomic E-state index is 13.1. The summed E-state index contributed by atoms with van der Waals surface area (Å²) in [4.78, 5) is 27.7. The molecule has 0 saturated carbocycles. The number of hydrogen-bond acceptors (Lipinski definition) is 5.